The van der Waals surface area contributed by atoms with E-state index in [9.17, 15) is 8.78 Å². The fraction of sp³-hybridized carbons (Fsp3) is 0.286. The zero-order valence-corrected chi connectivity index (χ0v) is 15.8. The summed E-state index contributed by atoms with van der Waals surface area (Å²) in [6.45, 7) is 4.42. The van der Waals surface area contributed by atoms with Gasteiger partial charge in [0.2, 0.25) is 5.89 Å². The van der Waals surface area contributed by atoms with Crippen LogP contribution < -0.4 is 4.74 Å². The molecule has 6 heteroatoms. The average molecular weight is 372 g/mol. The lowest BCUT2D eigenvalue weighted by atomic mass is 10.1. The fourth-order valence-corrected chi connectivity index (χ4v) is 2.86. The Morgan fingerprint density at radius 3 is 2.48 bits per heavy atom. The van der Waals surface area contributed by atoms with E-state index in [0.29, 0.717) is 12.3 Å². The lowest BCUT2D eigenvalue weighted by Gasteiger charge is -2.24. The van der Waals surface area contributed by atoms with E-state index in [1.54, 1.807) is 14.0 Å². The first-order chi connectivity index (χ1) is 12.9. The molecule has 0 saturated heterocycles. The summed E-state index contributed by atoms with van der Waals surface area (Å²) in [5.41, 5.74) is 2.01. The van der Waals surface area contributed by atoms with E-state index in [0.717, 1.165) is 23.1 Å². The van der Waals surface area contributed by atoms with Crippen molar-refractivity contribution in [3.05, 3.63) is 71.1 Å². The van der Waals surface area contributed by atoms with Crippen molar-refractivity contribution in [1.29, 1.82) is 0 Å². The van der Waals surface area contributed by atoms with Gasteiger partial charge in [0.05, 0.1) is 18.4 Å². The molecule has 0 radical (unpaired) electrons. The number of methoxy groups -OCH3 is 1. The Hall–Kier alpha value is -2.73. The van der Waals surface area contributed by atoms with E-state index in [1.165, 1.54) is 12.1 Å². The number of hydrogen-bond acceptors (Lipinski definition) is 4. The van der Waals surface area contributed by atoms with Gasteiger partial charge in [0.1, 0.15) is 23.1 Å². The van der Waals surface area contributed by atoms with Gasteiger partial charge in [-0.2, -0.15) is 0 Å². The maximum Gasteiger partial charge on any atom is 0.229 e. The van der Waals surface area contributed by atoms with E-state index in [1.807, 2.05) is 31.3 Å². The van der Waals surface area contributed by atoms with Crippen molar-refractivity contribution in [3.8, 4) is 17.2 Å². The number of aryl methyl sites for hydroxylation is 1. The second-order valence-electron chi connectivity index (χ2n) is 6.51. The molecule has 2 aromatic carbocycles. The van der Waals surface area contributed by atoms with Crippen LogP contribution in [0.2, 0.25) is 0 Å². The molecule has 0 spiro atoms. The van der Waals surface area contributed by atoms with Crippen LogP contribution >= 0.6 is 0 Å². The molecule has 3 aromatic rings. The molecule has 0 bridgehead atoms. The first-order valence-electron chi connectivity index (χ1n) is 8.65. The Labute approximate surface area is 157 Å². The summed E-state index contributed by atoms with van der Waals surface area (Å²) in [4.78, 5) is 6.55. The molecule has 1 aromatic heterocycles. The summed E-state index contributed by atoms with van der Waals surface area (Å²) in [6, 6.07) is 11.4. The fourth-order valence-electron chi connectivity index (χ4n) is 2.86. The zero-order valence-electron chi connectivity index (χ0n) is 15.8. The number of nitrogens with zero attached hydrogens (tertiary/aromatic N) is 2. The summed E-state index contributed by atoms with van der Waals surface area (Å²) in [6.07, 6.45) is 0. The number of oxazole rings is 1. The van der Waals surface area contributed by atoms with Crippen LogP contribution in [-0.2, 0) is 6.54 Å². The molecular weight excluding hydrogens is 350 g/mol. The van der Waals surface area contributed by atoms with Crippen LogP contribution in [0.1, 0.15) is 30.0 Å². The molecule has 0 aliphatic rings. The minimum absolute atomic E-state index is 0.137. The number of rotatable bonds is 6. The molecule has 1 atom stereocenters. The maximum absolute atomic E-state index is 14.0. The molecule has 142 valence electrons. The molecule has 0 N–H and O–H groups in total. The van der Waals surface area contributed by atoms with Gasteiger partial charge in [0.25, 0.3) is 0 Å². The third-order valence-corrected chi connectivity index (χ3v) is 4.71. The second-order valence-corrected chi connectivity index (χ2v) is 6.51. The number of ether oxygens (including phenoxy) is 1. The monoisotopic (exact) mass is 372 g/mol. The van der Waals surface area contributed by atoms with Crippen LogP contribution in [0.25, 0.3) is 11.5 Å². The van der Waals surface area contributed by atoms with Crippen LogP contribution in [0, 0.1) is 18.6 Å². The quantitative estimate of drug-likeness (QED) is 0.601. The smallest absolute Gasteiger partial charge is 0.229 e. The second kappa shape index (κ2) is 7.88. The largest absolute Gasteiger partial charge is 0.497 e. The van der Waals surface area contributed by atoms with Crippen LogP contribution in [0.3, 0.4) is 0 Å². The highest BCUT2D eigenvalue weighted by Crippen LogP contribution is 2.27. The van der Waals surface area contributed by atoms with Crippen LogP contribution in [0.4, 0.5) is 8.78 Å². The van der Waals surface area contributed by atoms with Gasteiger partial charge >= 0.3 is 0 Å². The van der Waals surface area contributed by atoms with Gasteiger partial charge in [-0.3, -0.25) is 4.90 Å². The summed E-state index contributed by atoms with van der Waals surface area (Å²) < 4.78 is 37.9. The molecule has 27 heavy (non-hydrogen) atoms. The Morgan fingerprint density at radius 1 is 1.15 bits per heavy atom. The minimum atomic E-state index is -0.692. The molecular formula is C21H22F2N2O2. The van der Waals surface area contributed by atoms with Crippen LogP contribution in [0.15, 0.2) is 46.9 Å². The highest BCUT2D eigenvalue weighted by Gasteiger charge is 2.19. The Balaban J connectivity index is 1.77. The van der Waals surface area contributed by atoms with Crippen molar-refractivity contribution < 1.29 is 17.9 Å². The lowest BCUT2D eigenvalue weighted by Crippen LogP contribution is -2.22. The van der Waals surface area contributed by atoms with E-state index >= 15 is 0 Å². The minimum Gasteiger partial charge on any atom is -0.497 e. The normalized spacial score (nSPS) is 12.4. The SMILES string of the molecule is COc1ccc(C(C)N(C)Cc2nc(-c3ccc(F)cc3F)oc2C)cc1. The van der Waals surface area contributed by atoms with Gasteiger partial charge in [-0.1, -0.05) is 12.1 Å². The maximum atomic E-state index is 14.0. The zero-order chi connectivity index (χ0) is 19.6. The van der Waals surface area contributed by atoms with Crippen molar-refractivity contribution >= 4 is 0 Å². The summed E-state index contributed by atoms with van der Waals surface area (Å²) in [5, 5.41) is 0. The molecule has 1 unspecified atom stereocenters. The number of hydrogen-bond donors (Lipinski definition) is 0. The molecule has 0 amide bonds. The standard InChI is InChI=1S/C21H22F2N2O2/c1-13(15-5-8-17(26-4)9-6-15)25(3)12-20-14(2)27-21(24-20)18-10-7-16(22)11-19(18)23/h5-11,13H,12H2,1-4H3. The summed E-state index contributed by atoms with van der Waals surface area (Å²) in [7, 11) is 3.63. The van der Waals surface area contributed by atoms with Crippen molar-refractivity contribution in [2.75, 3.05) is 14.2 Å². The Kier molecular flexibility index (Phi) is 5.56. The number of aromatic nitrogens is 1. The molecule has 3 rings (SSSR count). The lowest BCUT2D eigenvalue weighted by molar-refractivity contribution is 0.249. The average Bonchev–Trinajstić information content (AvgIpc) is 3.01. The third kappa shape index (κ3) is 4.17. The topological polar surface area (TPSA) is 38.5 Å². The van der Waals surface area contributed by atoms with Crippen LogP contribution in [0.5, 0.6) is 5.75 Å². The van der Waals surface area contributed by atoms with Gasteiger partial charge in [-0.25, -0.2) is 13.8 Å². The predicted octanol–water partition coefficient (Wildman–Crippen LogP) is 5.13. The summed E-state index contributed by atoms with van der Waals surface area (Å²) >= 11 is 0. The Morgan fingerprint density at radius 2 is 1.85 bits per heavy atom. The first-order valence-corrected chi connectivity index (χ1v) is 8.65. The van der Waals surface area contributed by atoms with E-state index in [-0.39, 0.29) is 17.5 Å². The highest BCUT2D eigenvalue weighted by atomic mass is 19.1. The molecule has 1 heterocycles. The van der Waals surface area contributed by atoms with E-state index in [4.69, 9.17) is 9.15 Å². The van der Waals surface area contributed by atoms with Gasteiger partial charge < -0.3 is 9.15 Å². The van der Waals surface area contributed by atoms with Crippen molar-refractivity contribution in [3.63, 3.8) is 0 Å². The van der Waals surface area contributed by atoms with Gasteiger partial charge in [0, 0.05) is 18.7 Å². The van der Waals surface area contributed by atoms with Crippen molar-refractivity contribution in [2.45, 2.75) is 26.4 Å². The van der Waals surface area contributed by atoms with Crippen molar-refractivity contribution in [1.82, 2.24) is 9.88 Å². The number of halogens is 2. The summed E-state index contributed by atoms with van der Waals surface area (Å²) in [5.74, 6) is 0.260. The van der Waals surface area contributed by atoms with Gasteiger partial charge in [-0.05, 0) is 50.7 Å². The molecule has 0 saturated carbocycles. The number of benzene rings is 2. The predicted molar refractivity (Wildman–Crippen MR) is 99.5 cm³/mol. The molecule has 0 fully saturated rings. The highest BCUT2D eigenvalue weighted by molar-refractivity contribution is 5.54. The van der Waals surface area contributed by atoms with Gasteiger partial charge in [0.15, 0.2) is 0 Å². The third-order valence-electron chi connectivity index (χ3n) is 4.71. The van der Waals surface area contributed by atoms with E-state index in [2.05, 4.69) is 16.8 Å². The molecule has 0 aliphatic carbocycles. The molecule has 0 aliphatic heterocycles. The first kappa shape index (κ1) is 19.0. The Bertz CT molecular complexity index is 922. The van der Waals surface area contributed by atoms with Gasteiger partial charge in [-0.15, -0.1) is 0 Å². The van der Waals surface area contributed by atoms with Crippen LogP contribution in [-0.4, -0.2) is 24.0 Å². The van der Waals surface area contributed by atoms with E-state index < -0.39 is 11.6 Å². The van der Waals surface area contributed by atoms with Crippen molar-refractivity contribution in [2.24, 2.45) is 0 Å². The molecule has 4 nitrogen and oxygen atoms in total.